The quantitative estimate of drug-likeness (QED) is 0.327. The van der Waals surface area contributed by atoms with Crippen molar-refractivity contribution in [3.63, 3.8) is 0 Å². The zero-order chi connectivity index (χ0) is 27.3. The van der Waals surface area contributed by atoms with Crippen LogP contribution in [0.1, 0.15) is 61.8 Å². The van der Waals surface area contributed by atoms with Crippen LogP contribution in [-0.2, 0) is 12.6 Å². The number of carbonyl (C=O) groups excluding carboxylic acids is 1. The van der Waals surface area contributed by atoms with Crippen LogP contribution < -0.4 is 15.6 Å². The molecule has 0 fully saturated rings. The maximum Gasteiger partial charge on any atom is 0.274 e. The number of pyridine rings is 1. The summed E-state index contributed by atoms with van der Waals surface area (Å²) in [6.45, 7) is 13.1. The number of amides is 1. The van der Waals surface area contributed by atoms with E-state index in [2.05, 4.69) is 10.3 Å². The number of benzene rings is 2. The topological polar surface area (TPSA) is 96.3 Å². The fourth-order valence-electron chi connectivity index (χ4n) is 4.36. The number of hydrogen-bond donors (Lipinski definition) is 3. The Morgan fingerprint density at radius 3 is 2.24 bits per heavy atom. The van der Waals surface area contributed by atoms with Crippen LogP contribution in [-0.4, -0.2) is 26.1 Å². The number of aromatic nitrogens is 2. The van der Waals surface area contributed by atoms with E-state index >= 15 is 0 Å². The fourth-order valence-corrected chi connectivity index (χ4v) is 4.36. The van der Waals surface area contributed by atoms with Gasteiger partial charge < -0.3 is 24.7 Å². The van der Waals surface area contributed by atoms with Gasteiger partial charge in [0.2, 0.25) is 0 Å². The van der Waals surface area contributed by atoms with E-state index in [0.717, 1.165) is 16.9 Å². The molecular formula is C30H35N3O4. The zero-order valence-corrected chi connectivity index (χ0v) is 22.7. The molecule has 0 aliphatic carbocycles. The second kappa shape index (κ2) is 9.23. The summed E-state index contributed by atoms with van der Waals surface area (Å²) >= 11 is 0. The average Bonchev–Trinajstić information content (AvgIpc) is 3.23. The van der Waals surface area contributed by atoms with Crippen molar-refractivity contribution in [3.05, 3.63) is 81.4 Å². The molecule has 0 saturated carbocycles. The van der Waals surface area contributed by atoms with Gasteiger partial charge in [-0.05, 0) is 83.4 Å². The lowest BCUT2D eigenvalue weighted by molar-refractivity contribution is 0.0786. The maximum atomic E-state index is 13.1. The maximum absolute atomic E-state index is 13.1. The van der Waals surface area contributed by atoms with Crippen molar-refractivity contribution in [1.29, 1.82) is 0 Å². The van der Waals surface area contributed by atoms with Crippen molar-refractivity contribution in [3.8, 4) is 22.6 Å². The van der Waals surface area contributed by atoms with E-state index < -0.39 is 11.1 Å². The summed E-state index contributed by atoms with van der Waals surface area (Å²) in [6, 6.07) is 13.2. The third-order valence-corrected chi connectivity index (χ3v) is 6.29. The van der Waals surface area contributed by atoms with Crippen LogP contribution in [0.25, 0.3) is 22.0 Å². The summed E-state index contributed by atoms with van der Waals surface area (Å²) in [4.78, 5) is 29.0. The summed E-state index contributed by atoms with van der Waals surface area (Å²) < 4.78 is 7.96. The van der Waals surface area contributed by atoms with Crippen LogP contribution >= 0.6 is 0 Å². The molecule has 0 saturated heterocycles. The first-order chi connectivity index (χ1) is 17.2. The summed E-state index contributed by atoms with van der Waals surface area (Å²) in [7, 11) is 1.67. The SMILES string of the molecule is Cc1cccc(C)c1Oc1ccc(C(C)(C)O)cc1-c1cn(C)c(=O)c2[nH]c(C(=O)NC(C)(C)C)cc12. The van der Waals surface area contributed by atoms with Crippen molar-refractivity contribution in [1.82, 2.24) is 14.9 Å². The number of aromatic amines is 1. The number of aryl methyl sites for hydroxylation is 3. The molecule has 0 bridgehead atoms. The number of aliphatic hydroxyl groups is 1. The minimum Gasteiger partial charge on any atom is -0.456 e. The smallest absolute Gasteiger partial charge is 0.274 e. The summed E-state index contributed by atoms with van der Waals surface area (Å²) in [5, 5.41) is 14.3. The first-order valence-electron chi connectivity index (χ1n) is 12.3. The molecule has 2 heterocycles. The minimum atomic E-state index is -1.10. The van der Waals surface area contributed by atoms with E-state index in [0.29, 0.717) is 39.0 Å². The predicted molar refractivity (Wildman–Crippen MR) is 147 cm³/mol. The normalized spacial score (nSPS) is 12.1. The lowest BCUT2D eigenvalue weighted by atomic mass is 9.93. The minimum absolute atomic E-state index is 0.246. The fraction of sp³-hybridized carbons (Fsp3) is 0.333. The Hall–Kier alpha value is -3.84. The van der Waals surface area contributed by atoms with Crippen LogP contribution in [0.4, 0.5) is 0 Å². The summed E-state index contributed by atoms with van der Waals surface area (Å²) in [5.74, 6) is 1.03. The molecule has 7 nitrogen and oxygen atoms in total. The molecule has 3 N–H and O–H groups in total. The third-order valence-electron chi connectivity index (χ3n) is 6.29. The van der Waals surface area contributed by atoms with Crippen LogP contribution in [0.2, 0.25) is 0 Å². The number of carbonyl (C=O) groups is 1. The van der Waals surface area contributed by atoms with Crippen molar-refractivity contribution in [2.24, 2.45) is 7.05 Å². The molecule has 1 amide bonds. The van der Waals surface area contributed by atoms with Gasteiger partial charge in [0.25, 0.3) is 11.5 Å². The molecule has 37 heavy (non-hydrogen) atoms. The number of rotatable bonds is 5. The van der Waals surface area contributed by atoms with Crippen molar-refractivity contribution >= 4 is 16.8 Å². The summed E-state index contributed by atoms with van der Waals surface area (Å²) in [6.07, 6.45) is 1.74. The highest BCUT2D eigenvalue weighted by Gasteiger charge is 2.24. The van der Waals surface area contributed by atoms with Crippen LogP contribution in [0.3, 0.4) is 0 Å². The number of nitrogens with one attached hydrogen (secondary N) is 2. The lowest BCUT2D eigenvalue weighted by Gasteiger charge is -2.22. The van der Waals surface area contributed by atoms with Gasteiger partial charge in [-0.2, -0.15) is 0 Å². The lowest BCUT2D eigenvalue weighted by Crippen LogP contribution is -2.40. The second-order valence-corrected chi connectivity index (χ2v) is 11.2. The number of ether oxygens (including phenoxy) is 1. The number of H-pyrrole nitrogens is 1. The van der Waals surface area contributed by atoms with Crippen molar-refractivity contribution in [2.75, 3.05) is 0 Å². The van der Waals surface area contributed by atoms with Gasteiger partial charge in [0.05, 0.1) is 5.60 Å². The molecule has 194 valence electrons. The van der Waals surface area contributed by atoms with E-state index in [9.17, 15) is 14.7 Å². The number of para-hydroxylation sites is 1. The van der Waals surface area contributed by atoms with E-state index in [1.54, 1.807) is 33.2 Å². The molecule has 0 aliphatic heterocycles. The van der Waals surface area contributed by atoms with Gasteiger partial charge >= 0.3 is 0 Å². The van der Waals surface area contributed by atoms with Gasteiger partial charge in [0, 0.05) is 35.3 Å². The Morgan fingerprint density at radius 2 is 1.65 bits per heavy atom. The number of fused-ring (bicyclic) bond motifs is 1. The summed E-state index contributed by atoms with van der Waals surface area (Å²) in [5.41, 5.74) is 2.93. The Bertz CT molecular complexity index is 1540. The molecule has 0 unspecified atom stereocenters. The van der Waals surface area contributed by atoms with Gasteiger partial charge in [-0.25, -0.2) is 0 Å². The molecule has 0 atom stereocenters. The molecule has 0 spiro atoms. The Morgan fingerprint density at radius 1 is 1.00 bits per heavy atom. The monoisotopic (exact) mass is 501 g/mol. The first-order valence-corrected chi connectivity index (χ1v) is 12.3. The zero-order valence-electron chi connectivity index (χ0n) is 22.7. The average molecular weight is 502 g/mol. The molecule has 0 radical (unpaired) electrons. The predicted octanol–water partition coefficient (Wildman–Crippen LogP) is 5.70. The highest BCUT2D eigenvalue weighted by atomic mass is 16.5. The highest BCUT2D eigenvalue weighted by Crippen LogP contribution is 2.40. The first kappa shape index (κ1) is 26.2. The molecule has 2 aromatic carbocycles. The molecule has 4 rings (SSSR count). The van der Waals surface area contributed by atoms with Gasteiger partial charge in [-0.3, -0.25) is 9.59 Å². The van der Waals surface area contributed by atoms with E-state index in [1.165, 1.54) is 4.57 Å². The third kappa shape index (κ3) is 5.32. The molecule has 2 aromatic heterocycles. The Labute approximate surface area is 217 Å². The van der Waals surface area contributed by atoms with Crippen molar-refractivity contribution < 1.29 is 14.6 Å². The van der Waals surface area contributed by atoms with E-state index in [-0.39, 0.29) is 11.5 Å². The standard InChI is InChI=1S/C30H35N3O4/c1-17-10-9-11-18(2)26(17)37-24-13-12-19(30(6,7)36)14-20(24)22-16-33(8)28(35)25-21(22)15-23(31-25)27(34)32-29(3,4)5/h9-16,31,36H,1-8H3,(H,32,34). The Kier molecular flexibility index (Phi) is 6.54. The second-order valence-electron chi connectivity index (χ2n) is 11.2. The molecular weight excluding hydrogens is 466 g/mol. The Balaban J connectivity index is 1.98. The van der Waals surface area contributed by atoms with Gasteiger partial charge in [0.1, 0.15) is 22.7 Å². The van der Waals surface area contributed by atoms with Crippen LogP contribution in [0, 0.1) is 13.8 Å². The molecule has 0 aliphatic rings. The molecule has 7 heteroatoms. The van der Waals surface area contributed by atoms with Gasteiger partial charge in [-0.15, -0.1) is 0 Å². The van der Waals surface area contributed by atoms with E-state index in [4.69, 9.17) is 4.74 Å². The van der Waals surface area contributed by atoms with Crippen LogP contribution in [0.15, 0.2) is 53.5 Å². The van der Waals surface area contributed by atoms with E-state index in [1.807, 2.05) is 71.0 Å². The van der Waals surface area contributed by atoms with Gasteiger partial charge in [-0.1, -0.05) is 24.3 Å². The van der Waals surface area contributed by atoms with Gasteiger partial charge in [0.15, 0.2) is 0 Å². The largest absolute Gasteiger partial charge is 0.456 e. The van der Waals surface area contributed by atoms with Crippen molar-refractivity contribution in [2.45, 2.75) is 59.6 Å². The molecule has 4 aromatic rings. The highest BCUT2D eigenvalue weighted by molar-refractivity contribution is 6.03. The number of hydrogen-bond acceptors (Lipinski definition) is 4. The van der Waals surface area contributed by atoms with Crippen LogP contribution in [0.5, 0.6) is 11.5 Å². The number of nitrogens with zero attached hydrogens (tertiary/aromatic N) is 1.